The first-order chi connectivity index (χ1) is 7.65. The number of ether oxygens (including phenoxy) is 1. The third-order valence-corrected chi connectivity index (χ3v) is 2.44. The predicted octanol–water partition coefficient (Wildman–Crippen LogP) is 3.05. The van der Waals surface area contributed by atoms with Gasteiger partial charge in [0, 0.05) is 16.3 Å². The maximum Gasteiger partial charge on any atom is 0.145 e. The summed E-state index contributed by atoms with van der Waals surface area (Å²) in [6.45, 7) is 1.93. The van der Waals surface area contributed by atoms with Gasteiger partial charge in [0.15, 0.2) is 0 Å². The zero-order valence-corrected chi connectivity index (χ0v) is 9.74. The van der Waals surface area contributed by atoms with Crippen LogP contribution in [0.5, 0.6) is 11.5 Å². The van der Waals surface area contributed by atoms with E-state index in [-0.39, 0.29) is 0 Å². The highest BCUT2D eigenvalue weighted by molar-refractivity contribution is 7.80. The molecule has 0 saturated heterocycles. The molecule has 4 heteroatoms. The van der Waals surface area contributed by atoms with Crippen molar-refractivity contribution in [1.82, 2.24) is 4.98 Å². The first kappa shape index (κ1) is 10.8. The number of aryl methyl sites for hydroxylation is 1. The van der Waals surface area contributed by atoms with Gasteiger partial charge in [-0.2, -0.15) is 0 Å². The maximum atomic E-state index is 5.62. The van der Waals surface area contributed by atoms with Crippen LogP contribution in [-0.4, -0.2) is 4.98 Å². The molecule has 1 heterocycles. The van der Waals surface area contributed by atoms with Crippen molar-refractivity contribution in [3.8, 4) is 11.5 Å². The molecule has 3 nitrogen and oxygen atoms in total. The second-order valence-corrected chi connectivity index (χ2v) is 3.95. The van der Waals surface area contributed by atoms with Gasteiger partial charge in [-0.05, 0) is 37.3 Å². The number of pyridine rings is 1. The monoisotopic (exact) mass is 232 g/mol. The van der Waals surface area contributed by atoms with Crippen LogP contribution in [0.25, 0.3) is 0 Å². The van der Waals surface area contributed by atoms with Crippen LogP contribution in [0, 0.1) is 6.92 Å². The number of nitrogens with two attached hydrogens (primary N) is 1. The quantitative estimate of drug-likeness (QED) is 0.618. The first-order valence-corrected chi connectivity index (χ1v) is 5.29. The van der Waals surface area contributed by atoms with Gasteiger partial charge in [-0.15, -0.1) is 12.6 Å². The molecule has 0 aliphatic rings. The standard InChI is InChI=1S/C12H12N2OS/c1-8-2-4-10(7-14-8)15-11-5-3-9(13)6-12(11)16/h2-7,16H,13H2,1H3. The number of nitrogen functional groups attached to an aromatic ring is 1. The number of anilines is 1. The number of benzene rings is 1. The van der Waals surface area contributed by atoms with Gasteiger partial charge in [-0.3, -0.25) is 4.98 Å². The second-order valence-electron chi connectivity index (χ2n) is 3.46. The topological polar surface area (TPSA) is 48.1 Å². The molecule has 2 aromatic rings. The molecule has 0 saturated carbocycles. The van der Waals surface area contributed by atoms with Gasteiger partial charge >= 0.3 is 0 Å². The van der Waals surface area contributed by atoms with Crippen molar-refractivity contribution in [2.24, 2.45) is 0 Å². The molecule has 2 rings (SSSR count). The maximum absolute atomic E-state index is 5.62. The van der Waals surface area contributed by atoms with Gasteiger partial charge < -0.3 is 10.5 Å². The van der Waals surface area contributed by atoms with Crippen LogP contribution in [0.3, 0.4) is 0 Å². The van der Waals surface area contributed by atoms with Crippen LogP contribution in [0.2, 0.25) is 0 Å². The van der Waals surface area contributed by atoms with E-state index in [0.717, 1.165) is 5.69 Å². The van der Waals surface area contributed by atoms with Gasteiger partial charge in [-0.25, -0.2) is 0 Å². The fourth-order valence-corrected chi connectivity index (χ4v) is 1.53. The highest BCUT2D eigenvalue weighted by atomic mass is 32.1. The molecular weight excluding hydrogens is 220 g/mol. The Bertz CT molecular complexity index is 497. The zero-order chi connectivity index (χ0) is 11.5. The summed E-state index contributed by atoms with van der Waals surface area (Å²) in [5, 5.41) is 0. The van der Waals surface area contributed by atoms with E-state index >= 15 is 0 Å². The molecule has 0 bridgehead atoms. The summed E-state index contributed by atoms with van der Waals surface area (Å²) in [4.78, 5) is 4.86. The van der Waals surface area contributed by atoms with Crippen LogP contribution in [-0.2, 0) is 0 Å². The summed E-state index contributed by atoms with van der Waals surface area (Å²) in [6, 6.07) is 9.07. The summed E-state index contributed by atoms with van der Waals surface area (Å²) in [5.74, 6) is 1.36. The van der Waals surface area contributed by atoms with Crippen molar-refractivity contribution < 1.29 is 4.74 Å². The van der Waals surface area contributed by atoms with E-state index in [2.05, 4.69) is 17.6 Å². The van der Waals surface area contributed by atoms with Crippen molar-refractivity contribution in [2.45, 2.75) is 11.8 Å². The number of rotatable bonds is 2. The van der Waals surface area contributed by atoms with E-state index in [1.54, 1.807) is 24.4 Å². The summed E-state index contributed by atoms with van der Waals surface area (Å²) < 4.78 is 5.62. The van der Waals surface area contributed by atoms with Crippen molar-refractivity contribution in [3.05, 3.63) is 42.2 Å². The Labute approximate surface area is 99.7 Å². The van der Waals surface area contributed by atoms with Crippen LogP contribution in [0.4, 0.5) is 5.69 Å². The average molecular weight is 232 g/mol. The molecular formula is C12H12N2OS. The fourth-order valence-electron chi connectivity index (χ4n) is 1.26. The average Bonchev–Trinajstić information content (AvgIpc) is 2.25. The normalized spacial score (nSPS) is 10.1. The molecule has 0 atom stereocenters. The van der Waals surface area contributed by atoms with Crippen molar-refractivity contribution in [3.63, 3.8) is 0 Å². The lowest BCUT2D eigenvalue weighted by Gasteiger charge is -2.08. The van der Waals surface area contributed by atoms with E-state index < -0.39 is 0 Å². The molecule has 16 heavy (non-hydrogen) atoms. The van der Waals surface area contributed by atoms with E-state index in [1.807, 2.05) is 19.1 Å². The molecule has 2 N–H and O–H groups in total. The molecule has 0 unspecified atom stereocenters. The SMILES string of the molecule is Cc1ccc(Oc2ccc(N)cc2S)cn1. The van der Waals surface area contributed by atoms with Gasteiger partial charge in [0.05, 0.1) is 6.20 Å². The lowest BCUT2D eigenvalue weighted by Crippen LogP contribution is -1.90. The molecule has 82 valence electrons. The van der Waals surface area contributed by atoms with Crippen molar-refractivity contribution in [1.29, 1.82) is 0 Å². The van der Waals surface area contributed by atoms with Gasteiger partial charge in [0.2, 0.25) is 0 Å². The lowest BCUT2D eigenvalue weighted by molar-refractivity contribution is 0.469. The zero-order valence-electron chi connectivity index (χ0n) is 8.84. The Morgan fingerprint density at radius 3 is 2.69 bits per heavy atom. The molecule has 0 amide bonds. The summed E-state index contributed by atoms with van der Waals surface area (Å²) in [5.41, 5.74) is 7.24. The number of aromatic nitrogens is 1. The van der Waals surface area contributed by atoms with Crippen LogP contribution in [0.1, 0.15) is 5.69 Å². The smallest absolute Gasteiger partial charge is 0.145 e. The summed E-state index contributed by atoms with van der Waals surface area (Å²) in [7, 11) is 0. The Balaban J connectivity index is 2.23. The number of nitrogens with zero attached hydrogens (tertiary/aromatic N) is 1. The molecule has 0 fully saturated rings. The Kier molecular flexibility index (Phi) is 3.01. The molecule has 1 aromatic heterocycles. The minimum atomic E-state index is 0.666. The van der Waals surface area contributed by atoms with Gasteiger partial charge in [-0.1, -0.05) is 0 Å². The van der Waals surface area contributed by atoms with Gasteiger partial charge in [0.25, 0.3) is 0 Å². The summed E-state index contributed by atoms with van der Waals surface area (Å²) in [6.07, 6.45) is 1.68. The highest BCUT2D eigenvalue weighted by Crippen LogP contribution is 2.29. The van der Waals surface area contributed by atoms with Crippen LogP contribution in [0.15, 0.2) is 41.4 Å². The van der Waals surface area contributed by atoms with E-state index in [4.69, 9.17) is 10.5 Å². The minimum absolute atomic E-state index is 0.666. The van der Waals surface area contributed by atoms with E-state index in [0.29, 0.717) is 22.1 Å². The fraction of sp³-hybridized carbons (Fsp3) is 0.0833. The molecule has 0 aliphatic heterocycles. The van der Waals surface area contributed by atoms with Crippen molar-refractivity contribution in [2.75, 3.05) is 5.73 Å². The predicted molar refractivity (Wildman–Crippen MR) is 67.2 cm³/mol. The Hall–Kier alpha value is -1.68. The van der Waals surface area contributed by atoms with E-state index in [1.165, 1.54) is 0 Å². The number of hydrogen-bond donors (Lipinski definition) is 2. The Morgan fingerprint density at radius 2 is 2.06 bits per heavy atom. The molecule has 0 spiro atoms. The third-order valence-electron chi connectivity index (χ3n) is 2.10. The third kappa shape index (κ3) is 2.46. The molecule has 0 aliphatic carbocycles. The Morgan fingerprint density at radius 1 is 1.25 bits per heavy atom. The molecule has 1 aromatic carbocycles. The van der Waals surface area contributed by atoms with Crippen LogP contribution >= 0.6 is 12.6 Å². The van der Waals surface area contributed by atoms with Crippen LogP contribution < -0.4 is 10.5 Å². The van der Waals surface area contributed by atoms with Crippen molar-refractivity contribution >= 4 is 18.3 Å². The first-order valence-electron chi connectivity index (χ1n) is 4.84. The summed E-state index contributed by atoms with van der Waals surface area (Å²) >= 11 is 4.29. The largest absolute Gasteiger partial charge is 0.455 e. The number of hydrogen-bond acceptors (Lipinski definition) is 4. The van der Waals surface area contributed by atoms with E-state index in [9.17, 15) is 0 Å². The second kappa shape index (κ2) is 4.45. The molecule has 0 radical (unpaired) electrons. The lowest BCUT2D eigenvalue weighted by atomic mass is 10.3. The minimum Gasteiger partial charge on any atom is -0.455 e. The van der Waals surface area contributed by atoms with Gasteiger partial charge in [0.1, 0.15) is 11.5 Å². The number of thiol groups is 1. The highest BCUT2D eigenvalue weighted by Gasteiger charge is 2.02.